The van der Waals surface area contributed by atoms with Gasteiger partial charge in [-0.3, -0.25) is 4.90 Å². The Morgan fingerprint density at radius 2 is 2.09 bits per heavy atom. The number of benzene rings is 1. The zero-order chi connectivity index (χ0) is 16.2. The fourth-order valence-corrected chi connectivity index (χ4v) is 3.29. The standard InChI is InChI=1S/C19H24N4/c1-15-17(10-19(11-20)22(15)2)12-21-18-8-9-23(14-18)13-16-6-4-3-5-7-16/h3-7,10,18,21H,8-9,12-14H2,1-2H3/t18-/m0/s1. The number of nitrogens with one attached hydrogen (secondary N) is 1. The van der Waals surface area contributed by atoms with Crippen molar-refractivity contribution in [3.05, 3.63) is 58.9 Å². The molecule has 0 bridgehead atoms. The highest BCUT2D eigenvalue weighted by Gasteiger charge is 2.22. The van der Waals surface area contributed by atoms with Crippen molar-refractivity contribution in [2.75, 3.05) is 13.1 Å². The Morgan fingerprint density at radius 3 is 2.78 bits per heavy atom. The largest absolute Gasteiger partial charge is 0.340 e. The van der Waals surface area contributed by atoms with Crippen molar-refractivity contribution in [2.24, 2.45) is 7.05 Å². The molecule has 1 N–H and O–H groups in total. The van der Waals surface area contributed by atoms with Gasteiger partial charge in [0.25, 0.3) is 0 Å². The molecule has 1 aromatic heterocycles. The summed E-state index contributed by atoms with van der Waals surface area (Å²) in [6.45, 7) is 6.18. The van der Waals surface area contributed by atoms with Crippen LogP contribution in [-0.4, -0.2) is 28.6 Å². The maximum absolute atomic E-state index is 9.11. The van der Waals surface area contributed by atoms with Gasteiger partial charge in [-0.15, -0.1) is 0 Å². The van der Waals surface area contributed by atoms with Gasteiger partial charge in [0.05, 0.1) is 0 Å². The molecule has 2 aromatic rings. The van der Waals surface area contributed by atoms with Gasteiger partial charge in [0, 0.05) is 45.0 Å². The predicted octanol–water partition coefficient (Wildman–Crippen LogP) is 2.57. The molecule has 1 aliphatic heterocycles. The average Bonchev–Trinajstić information content (AvgIpc) is 3.12. The Kier molecular flexibility index (Phi) is 4.80. The molecule has 0 saturated carbocycles. The summed E-state index contributed by atoms with van der Waals surface area (Å²) in [5.74, 6) is 0. The second kappa shape index (κ2) is 6.99. The maximum atomic E-state index is 9.11. The normalized spacial score (nSPS) is 18.2. The minimum absolute atomic E-state index is 0.531. The van der Waals surface area contributed by atoms with Gasteiger partial charge in [0.1, 0.15) is 11.8 Å². The number of nitriles is 1. The molecule has 1 aromatic carbocycles. The average molecular weight is 308 g/mol. The summed E-state index contributed by atoms with van der Waals surface area (Å²) < 4.78 is 1.97. The highest BCUT2D eigenvalue weighted by Crippen LogP contribution is 2.16. The third-order valence-corrected chi connectivity index (χ3v) is 4.86. The van der Waals surface area contributed by atoms with Crippen LogP contribution in [0.5, 0.6) is 0 Å². The lowest BCUT2D eigenvalue weighted by atomic mass is 10.2. The van der Waals surface area contributed by atoms with Gasteiger partial charge in [0.2, 0.25) is 0 Å². The quantitative estimate of drug-likeness (QED) is 0.923. The fourth-order valence-electron chi connectivity index (χ4n) is 3.29. The molecule has 4 nitrogen and oxygen atoms in total. The molecule has 23 heavy (non-hydrogen) atoms. The van der Waals surface area contributed by atoms with Crippen LogP contribution >= 0.6 is 0 Å². The predicted molar refractivity (Wildman–Crippen MR) is 91.8 cm³/mol. The summed E-state index contributed by atoms with van der Waals surface area (Å²) >= 11 is 0. The highest BCUT2D eigenvalue weighted by atomic mass is 15.2. The van der Waals surface area contributed by atoms with Crippen LogP contribution in [0.4, 0.5) is 0 Å². The molecule has 0 aliphatic carbocycles. The first-order valence-corrected chi connectivity index (χ1v) is 8.22. The van der Waals surface area contributed by atoms with E-state index in [0.29, 0.717) is 6.04 Å². The van der Waals surface area contributed by atoms with Gasteiger partial charge in [-0.1, -0.05) is 30.3 Å². The molecule has 1 saturated heterocycles. The molecule has 0 amide bonds. The van der Waals surface area contributed by atoms with Crippen molar-refractivity contribution in [3.8, 4) is 6.07 Å². The van der Waals surface area contributed by atoms with Crippen LogP contribution < -0.4 is 5.32 Å². The van der Waals surface area contributed by atoms with Crippen LogP contribution in [0.1, 0.15) is 28.9 Å². The van der Waals surface area contributed by atoms with Gasteiger partial charge in [-0.05, 0) is 30.5 Å². The second-order valence-corrected chi connectivity index (χ2v) is 6.40. The van der Waals surface area contributed by atoms with E-state index < -0.39 is 0 Å². The van der Waals surface area contributed by atoms with E-state index in [9.17, 15) is 0 Å². The van der Waals surface area contributed by atoms with Crippen LogP contribution in [0.2, 0.25) is 0 Å². The van der Waals surface area contributed by atoms with Crippen molar-refractivity contribution in [3.63, 3.8) is 0 Å². The lowest BCUT2D eigenvalue weighted by molar-refractivity contribution is 0.320. The number of hydrogen-bond donors (Lipinski definition) is 1. The Hall–Kier alpha value is -2.09. The lowest BCUT2D eigenvalue weighted by Crippen LogP contribution is -2.32. The number of aromatic nitrogens is 1. The van der Waals surface area contributed by atoms with E-state index >= 15 is 0 Å². The molecule has 120 valence electrons. The van der Waals surface area contributed by atoms with Gasteiger partial charge in [-0.2, -0.15) is 5.26 Å². The number of rotatable bonds is 5. The number of nitrogens with zero attached hydrogens (tertiary/aromatic N) is 3. The number of likely N-dealkylation sites (tertiary alicyclic amines) is 1. The van der Waals surface area contributed by atoms with E-state index in [1.165, 1.54) is 23.2 Å². The van der Waals surface area contributed by atoms with Crippen molar-refractivity contribution < 1.29 is 0 Å². The van der Waals surface area contributed by atoms with Gasteiger partial charge in [0.15, 0.2) is 0 Å². The maximum Gasteiger partial charge on any atom is 0.120 e. The Bertz CT molecular complexity index is 696. The Morgan fingerprint density at radius 1 is 1.30 bits per heavy atom. The summed E-state index contributed by atoms with van der Waals surface area (Å²) in [4.78, 5) is 2.51. The summed E-state index contributed by atoms with van der Waals surface area (Å²) in [6, 6.07) is 15.4. The van der Waals surface area contributed by atoms with Gasteiger partial charge in [-0.25, -0.2) is 0 Å². The molecule has 0 spiro atoms. The van der Waals surface area contributed by atoms with Crippen molar-refractivity contribution >= 4 is 0 Å². The van der Waals surface area contributed by atoms with Crippen molar-refractivity contribution in [1.82, 2.24) is 14.8 Å². The summed E-state index contributed by atoms with van der Waals surface area (Å²) in [7, 11) is 1.95. The molecule has 3 rings (SSSR count). The molecule has 0 unspecified atom stereocenters. The van der Waals surface area contributed by atoms with Crippen LogP contribution in [0.25, 0.3) is 0 Å². The summed E-state index contributed by atoms with van der Waals surface area (Å²) in [5, 5.41) is 12.8. The second-order valence-electron chi connectivity index (χ2n) is 6.40. The molecular formula is C19H24N4. The van der Waals surface area contributed by atoms with Crippen LogP contribution in [0, 0.1) is 18.3 Å². The van der Waals surface area contributed by atoms with Crippen LogP contribution in [0.15, 0.2) is 36.4 Å². The van der Waals surface area contributed by atoms with Crippen LogP contribution in [-0.2, 0) is 20.1 Å². The first-order valence-electron chi connectivity index (χ1n) is 8.22. The van der Waals surface area contributed by atoms with E-state index in [4.69, 9.17) is 5.26 Å². The third-order valence-electron chi connectivity index (χ3n) is 4.86. The van der Waals surface area contributed by atoms with Crippen molar-refractivity contribution in [2.45, 2.75) is 32.5 Å². The number of hydrogen-bond acceptors (Lipinski definition) is 3. The summed E-state index contributed by atoms with van der Waals surface area (Å²) in [6.07, 6.45) is 1.18. The molecule has 2 heterocycles. The van der Waals surface area contributed by atoms with E-state index in [1.807, 2.05) is 17.7 Å². The molecule has 4 heteroatoms. The first-order chi connectivity index (χ1) is 11.2. The summed E-state index contributed by atoms with van der Waals surface area (Å²) in [5.41, 5.74) is 4.51. The van der Waals surface area contributed by atoms with Crippen LogP contribution in [0.3, 0.4) is 0 Å². The monoisotopic (exact) mass is 308 g/mol. The molecule has 0 radical (unpaired) electrons. The highest BCUT2D eigenvalue weighted by molar-refractivity contribution is 5.34. The Balaban J connectivity index is 1.52. The SMILES string of the molecule is Cc1c(CN[C@H]2CCN(Cc3ccccc3)C2)cc(C#N)n1C. The van der Waals surface area contributed by atoms with Crippen molar-refractivity contribution in [1.29, 1.82) is 5.26 Å². The van der Waals surface area contributed by atoms with E-state index in [0.717, 1.165) is 31.9 Å². The van der Waals surface area contributed by atoms with Gasteiger partial charge >= 0.3 is 0 Å². The van der Waals surface area contributed by atoms with E-state index in [-0.39, 0.29) is 0 Å². The third kappa shape index (κ3) is 3.64. The smallest absolute Gasteiger partial charge is 0.120 e. The Labute approximate surface area is 138 Å². The topological polar surface area (TPSA) is 44.0 Å². The van der Waals surface area contributed by atoms with Gasteiger partial charge < -0.3 is 9.88 Å². The lowest BCUT2D eigenvalue weighted by Gasteiger charge is -2.17. The minimum atomic E-state index is 0.531. The molecule has 1 atom stereocenters. The fraction of sp³-hybridized carbons (Fsp3) is 0.421. The van der Waals surface area contributed by atoms with E-state index in [1.54, 1.807) is 0 Å². The first kappa shape index (κ1) is 15.8. The van der Waals surface area contributed by atoms with E-state index in [2.05, 4.69) is 53.5 Å². The molecule has 1 fully saturated rings. The zero-order valence-electron chi connectivity index (χ0n) is 13.9. The minimum Gasteiger partial charge on any atom is -0.340 e. The molecule has 1 aliphatic rings. The zero-order valence-corrected chi connectivity index (χ0v) is 13.9. The molecular weight excluding hydrogens is 284 g/mol.